The molecule has 0 N–H and O–H groups in total. The molecule has 3 rings (SSSR count). The van der Waals surface area contributed by atoms with Gasteiger partial charge in [0.05, 0.1) is 25.3 Å². The molecular formula is C20H28N8O2. The Morgan fingerprint density at radius 3 is 2.87 bits per heavy atom. The maximum absolute atomic E-state index is 11.9. The van der Waals surface area contributed by atoms with Gasteiger partial charge in [0.15, 0.2) is 5.82 Å². The Hall–Kier alpha value is -3.06. The van der Waals surface area contributed by atoms with Crippen LogP contribution in [-0.2, 0) is 17.7 Å². The Balaban J connectivity index is 1.59. The SMILES string of the molecule is CCOC(=O)N1CCC(n2nnnc2CN(CCC#N)CCc2ccccn2)CC1. The lowest BCUT2D eigenvalue weighted by molar-refractivity contribution is 0.0907. The van der Waals surface area contributed by atoms with Crippen LogP contribution in [-0.4, -0.2) is 73.9 Å². The van der Waals surface area contributed by atoms with Gasteiger partial charge in [-0.25, -0.2) is 9.48 Å². The van der Waals surface area contributed by atoms with Crippen molar-refractivity contribution in [1.82, 2.24) is 35.0 Å². The molecule has 10 heteroatoms. The first kappa shape index (κ1) is 21.6. The lowest BCUT2D eigenvalue weighted by atomic mass is 10.1. The summed E-state index contributed by atoms with van der Waals surface area (Å²) in [5.41, 5.74) is 1.02. The second kappa shape index (κ2) is 11.2. The van der Waals surface area contributed by atoms with Crippen LogP contribution in [0.15, 0.2) is 24.4 Å². The van der Waals surface area contributed by atoms with Crippen molar-refractivity contribution in [2.45, 2.75) is 45.2 Å². The highest BCUT2D eigenvalue weighted by molar-refractivity contribution is 5.67. The van der Waals surface area contributed by atoms with Crippen LogP contribution in [0, 0.1) is 11.3 Å². The van der Waals surface area contributed by atoms with Gasteiger partial charge in [-0.1, -0.05) is 6.07 Å². The minimum absolute atomic E-state index is 0.147. The molecule has 1 amide bonds. The Morgan fingerprint density at radius 1 is 1.33 bits per heavy atom. The first-order valence-corrected chi connectivity index (χ1v) is 10.4. The van der Waals surface area contributed by atoms with Crippen molar-refractivity contribution in [2.75, 3.05) is 32.8 Å². The maximum atomic E-state index is 11.9. The van der Waals surface area contributed by atoms with Crippen molar-refractivity contribution >= 4 is 6.09 Å². The average Bonchev–Trinajstić information content (AvgIpc) is 3.24. The lowest BCUT2D eigenvalue weighted by Crippen LogP contribution is -2.40. The van der Waals surface area contributed by atoms with E-state index in [1.165, 1.54) is 0 Å². The van der Waals surface area contributed by atoms with E-state index >= 15 is 0 Å². The van der Waals surface area contributed by atoms with Gasteiger partial charge >= 0.3 is 6.09 Å². The number of carbonyl (C=O) groups is 1. The Morgan fingerprint density at radius 2 is 2.17 bits per heavy atom. The number of amides is 1. The number of rotatable bonds is 9. The maximum Gasteiger partial charge on any atom is 0.409 e. The Kier molecular flexibility index (Phi) is 8.09. The molecule has 10 nitrogen and oxygen atoms in total. The zero-order valence-electron chi connectivity index (χ0n) is 17.4. The standard InChI is InChI=1S/C20H28N8O2/c1-2-30-20(29)27-14-8-18(9-15-27)28-19(23-24-25-28)16-26(12-5-10-21)13-7-17-6-3-4-11-22-17/h3-4,6,11,18H,2,5,7-9,12-16H2,1H3. The summed E-state index contributed by atoms with van der Waals surface area (Å²) in [6.45, 7) is 5.43. The van der Waals surface area contributed by atoms with E-state index in [2.05, 4.69) is 31.5 Å². The summed E-state index contributed by atoms with van der Waals surface area (Å²) in [5, 5.41) is 21.4. The highest BCUT2D eigenvalue weighted by Crippen LogP contribution is 2.23. The van der Waals surface area contributed by atoms with Crippen LogP contribution in [0.2, 0.25) is 0 Å². The van der Waals surface area contributed by atoms with E-state index in [0.717, 1.165) is 37.3 Å². The molecule has 1 aliphatic rings. The highest BCUT2D eigenvalue weighted by Gasteiger charge is 2.27. The van der Waals surface area contributed by atoms with Gasteiger partial charge in [-0.15, -0.1) is 5.10 Å². The first-order valence-electron chi connectivity index (χ1n) is 10.4. The second-order valence-electron chi connectivity index (χ2n) is 7.21. The van der Waals surface area contributed by atoms with E-state index in [4.69, 9.17) is 10.00 Å². The number of nitriles is 1. The smallest absolute Gasteiger partial charge is 0.409 e. The summed E-state index contributed by atoms with van der Waals surface area (Å²) >= 11 is 0. The van der Waals surface area contributed by atoms with E-state index in [1.54, 1.807) is 11.1 Å². The molecule has 0 unspecified atom stereocenters. The molecule has 0 spiro atoms. The van der Waals surface area contributed by atoms with Crippen molar-refractivity contribution in [3.8, 4) is 6.07 Å². The number of tetrazole rings is 1. The molecule has 1 fully saturated rings. The minimum Gasteiger partial charge on any atom is -0.450 e. The molecule has 3 heterocycles. The lowest BCUT2D eigenvalue weighted by Gasteiger charge is -2.31. The third kappa shape index (κ3) is 5.97. The van der Waals surface area contributed by atoms with Gasteiger partial charge in [-0.05, 0) is 42.3 Å². The normalized spacial score (nSPS) is 14.6. The third-order valence-electron chi connectivity index (χ3n) is 5.21. The van der Waals surface area contributed by atoms with Crippen molar-refractivity contribution < 1.29 is 9.53 Å². The second-order valence-corrected chi connectivity index (χ2v) is 7.21. The largest absolute Gasteiger partial charge is 0.450 e. The quantitative estimate of drug-likeness (QED) is 0.613. The number of likely N-dealkylation sites (tertiary alicyclic amines) is 1. The number of pyridine rings is 1. The van der Waals surface area contributed by atoms with Crippen LogP contribution >= 0.6 is 0 Å². The van der Waals surface area contributed by atoms with E-state index in [0.29, 0.717) is 39.2 Å². The number of aromatic nitrogens is 5. The molecular weight excluding hydrogens is 384 g/mol. The predicted octanol–water partition coefficient (Wildman–Crippen LogP) is 1.82. The zero-order chi connectivity index (χ0) is 21.2. The van der Waals surface area contributed by atoms with E-state index in [-0.39, 0.29) is 12.1 Å². The predicted molar refractivity (Wildman–Crippen MR) is 108 cm³/mol. The van der Waals surface area contributed by atoms with Crippen molar-refractivity contribution in [2.24, 2.45) is 0 Å². The van der Waals surface area contributed by atoms with Crippen molar-refractivity contribution in [3.63, 3.8) is 0 Å². The summed E-state index contributed by atoms with van der Waals surface area (Å²) in [6.07, 6.45) is 4.34. The van der Waals surface area contributed by atoms with Gasteiger partial charge in [-0.3, -0.25) is 9.88 Å². The topological polar surface area (TPSA) is 113 Å². The Labute approximate surface area is 176 Å². The monoisotopic (exact) mass is 412 g/mol. The van der Waals surface area contributed by atoms with Gasteiger partial charge in [0.1, 0.15) is 0 Å². The van der Waals surface area contributed by atoms with Gasteiger partial charge in [-0.2, -0.15) is 5.26 Å². The third-order valence-corrected chi connectivity index (χ3v) is 5.21. The molecule has 0 aromatic carbocycles. The van der Waals surface area contributed by atoms with Crippen LogP contribution < -0.4 is 0 Å². The molecule has 0 saturated carbocycles. The molecule has 1 aliphatic heterocycles. The molecule has 160 valence electrons. The molecule has 0 bridgehead atoms. The van der Waals surface area contributed by atoms with E-state index in [1.807, 2.05) is 29.8 Å². The molecule has 2 aromatic rings. The summed E-state index contributed by atoms with van der Waals surface area (Å²) < 4.78 is 6.96. The summed E-state index contributed by atoms with van der Waals surface area (Å²) in [5.74, 6) is 0.781. The zero-order valence-corrected chi connectivity index (χ0v) is 17.4. The first-order chi connectivity index (χ1) is 14.7. The van der Waals surface area contributed by atoms with Crippen molar-refractivity contribution in [3.05, 3.63) is 35.9 Å². The molecule has 2 aromatic heterocycles. The van der Waals surface area contributed by atoms with Gasteiger partial charge in [0, 0.05) is 50.9 Å². The average molecular weight is 412 g/mol. The molecule has 0 radical (unpaired) electrons. The summed E-state index contributed by atoms with van der Waals surface area (Å²) in [4.78, 5) is 20.2. The van der Waals surface area contributed by atoms with Crippen LogP contribution in [0.3, 0.4) is 0 Å². The fourth-order valence-electron chi connectivity index (χ4n) is 3.60. The minimum atomic E-state index is -0.259. The number of piperidine rings is 1. The highest BCUT2D eigenvalue weighted by atomic mass is 16.6. The number of hydrogen-bond donors (Lipinski definition) is 0. The van der Waals surface area contributed by atoms with Gasteiger partial charge < -0.3 is 9.64 Å². The van der Waals surface area contributed by atoms with Crippen LogP contribution in [0.4, 0.5) is 4.79 Å². The number of hydrogen-bond acceptors (Lipinski definition) is 8. The fourth-order valence-corrected chi connectivity index (χ4v) is 3.60. The van der Waals surface area contributed by atoms with E-state index < -0.39 is 0 Å². The number of ether oxygens (including phenoxy) is 1. The molecule has 30 heavy (non-hydrogen) atoms. The van der Waals surface area contributed by atoms with Crippen molar-refractivity contribution in [1.29, 1.82) is 5.26 Å². The fraction of sp³-hybridized carbons (Fsp3) is 0.600. The van der Waals surface area contributed by atoms with Crippen LogP contribution in [0.1, 0.15) is 43.7 Å². The van der Waals surface area contributed by atoms with Gasteiger partial charge in [0.25, 0.3) is 0 Å². The molecule has 0 atom stereocenters. The Bertz CT molecular complexity index is 827. The van der Waals surface area contributed by atoms with Gasteiger partial charge in [0.2, 0.25) is 0 Å². The summed E-state index contributed by atoms with van der Waals surface area (Å²) in [7, 11) is 0. The molecule has 0 aliphatic carbocycles. The number of carbonyl (C=O) groups excluding carboxylic acids is 1. The number of nitrogens with zero attached hydrogens (tertiary/aromatic N) is 8. The summed E-state index contributed by atoms with van der Waals surface area (Å²) in [6, 6.07) is 8.24. The van der Waals surface area contributed by atoms with E-state index in [9.17, 15) is 4.79 Å². The molecule has 1 saturated heterocycles. The van der Waals surface area contributed by atoms with Crippen LogP contribution in [0.25, 0.3) is 0 Å². The van der Waals surface area contributed by atoms with Crippen LogP contribution in [0.5, 0.6) is 0 Å².